The minimum absolute atomic E-state index is 0.0341. The second kappa shape index (κ2) is 9.03. The third-order valence-electron chi connectivity index (χ3n) is 4.33. The number of thiophene rings is 1. The first-order valence-electron chi connectivity index (χ1n) is 8.56. The highest BCUT2D eigenvalue weighted by Gasteiger charge is 2.32. The minimum Gasteiger partial charge on any atom is -0.355 e. The summed E-state index contributed by atoms with van der Waals surface area (Å²) in [7, 11) is -3.40. The largest absolute Gasteiger partial charge is 0.355 e. The Morgan fingerprint density at radius 1 is 1.15 bits per heavy atom. The Morgan fingerprint density at radius 2 is 1.88 bits per heavy atom. The number of amides is 1. The number of thioether (sulfide) groups is 1. The highest BCUT2D eigenvalue weighted by Crippen LogP contribution is 2.26. The normalized spacial score (nSPS) is 16.5. The predicted molar refractivity (Wildman–Crippen MR) is 106 cm³/mol. The van der Waals surface area contributed by atoms with Crippen molar-refractivity contribution >= 4 is 39.0 Å². The number of nitrogens with one attached hydrogen (secondary N) is 1. The second-order valence-corrected chi connectivity index (χ2v) is 10.3. The number of sulfonamides is 1. The molecular weight excluding hydrogens is 388 g/mol. The van der Waals surface area contributed by atoms with Crippen LogP contribution in [0.2, 0.25) is 0 Å². The van der Waals surface area contributed by atoms with Gasteiger partial charge in [0.05, 0.1) is 0 Å². The van der Waals surface area contributed by atoms with E-state index in [1.807, 2.05) is 18.2 Å². The van der Waals surface area contributed by atoms with E-state index in [0.717, 1.165) is 5.75 Å². The Labute approximate surface area is 162 Å². The lowest BCUT2D eigenvalue weighted by Crippen LogP contribution is -2.43. The standard InChI is InChI=1S/C18H22N2O3S3/c21-18(19-10-14-24-16-5-2-1-3-6-16)15-8-11-20(12-9-15)26(22,23)17-7-4-13-25-17/h1-7,13,15H,8-12,14H2,(H,19,21). The van der Waals surface area contributed by atoms with E-state index in [2.05, 4.69) is 17.4 Å². The van der Waals surface area contributed by atoms with Crippen LogP contribution in [0.15, 0.2) is 56.9 Å². The maximum atomic E-state index is 12.5. The van der Waals surface area contributed by atoms with Gasteiger partial charge in [-0.25, -0.2) is 8.42 Å². The molecule has 0 aliphatic carbocycles. The molecule has 0 unspecified atom stereocenters. The van der Waals surface area contributed by atoms with E-state index in [1.165, 1.54) is 20.5 Å². The van der Waals surface area contributed by atoms with Crippen LogP contribution in [0.4, 0.5) is 0 Å². The summed E-state index contributed by atoms with van der Waals surface area (Å²) in [6.07, 6.45) is 1.14. The van der Waals surface area contributed by atoms with Crippen LogP contribution in [-0.4, -0.2) is 44.0 Å². The first-order chi connectivity index (χ1) is 12.6. The Morgan fingerprint density at radius 3 is 2.54 bits per heavy atom. The van der Waals surface area contributed by atoms with Gasteiger partial charge in [0.15, 0.2) is 0 Å². The molecule has 0 atom stereocenters. The van der Waals surface area contributed by atoms with Crippen LogP contribution in [0.25, 0.3) is 0 Å². The van der Waals surface area contributed by atoms with Gasteiger partial charge in [0.25, 0.3) is 10.0 Å². The van der Waals surface area contributed by atoms with Crippen LogP contribution in [0, 0.1) is 5.92 Å². The van der Waals surface area contributed by atoms with Crippen molar-refractivity contribution in [3.05, 3.63) is 47.8 Å². The summed E-state index contributed by atoms with van der Waals surface area (Å²) in [5, 5.41) is 4.74. The van der Waals surface area contributed by atoms with E-state index in [9.17, 15) is 13.2 Å². The van der Waals surface area contributed by atoms with Gasteiger partial charge in [-0.3, -0.25) is 4.79 Å². The van der Waals surface area contributed by atoms with Crippen LogP contribution in [0.1, 0.15) is 12.8 Å². The summed E-state index contributed by atoms with van der Waals surface area (Å²) in [6.45, 7) is 1.42. The lowest BCUT2D eigenvalue weighted by atomic mass is 9.97. The molecule has 0 radical (unpaired) electrons. The molecular formula is C18H22N2O3S3. The molecule has 8 heteroatoms. The zero-order valence-corrected chi connectivity index (χ0v) is 16.8. The Kier molecular flexibility index (Phi) is 6.74. The van der Waals surface area contributed by atoms with E-state index in [-0.39, 0.29) is 11.8 Å². The zero-order valence-electron chi connectivity index (χ0n) is 14.3. The van der Waals surface area contributed by atoms with Crippen LogP contribution in [0.3, 0.4) is 0 Å². The molecule has 0 saturated carbocycles. The van der Waals surface area contributed by atoms with Crippen molar-refractivity contribution in [1.29, 1.82) is 0 Å². The van der Waals surface area contributed by atoms with E-state index < -0.39 is 10.0 Å². The molecule has 0 bridgehead atoms. The van der Waals surface area contributed by atoms with Gasteiger partial charge in [-0.2, -0.15) is 4.31 Å². The zero-order chi connectivity index (χ0) is 18.4. The van der Waals surface area contributed by atoms with Crippen molar-refractivity contribution in [3.8, 4) is 0 Å². The molecule has 140 valence electrons. The lowest BCUT2D eigenvalue weighted by Gasteiger charge is -2.30. The molecule has 1 aliphatic heterocycles. The summed E-state index contributed by atoms with van der Waals surface area (Å²) in [5.41, 5.74) is 0. The molecule has 2 aromatic rings. The van der Waals surface area contributed by atoms with Crippen LogP contribution in [0.5, 0.6) is 0 Å². The summed E-state index contributed by atoms with van der Waals surface area (Å²) in [4.78, 5) is 13.5. The van der Waals surface area contributed by atoms with Gasteiger partial charge >= 0.3 is 0 Å². The maximum absolute atomic E-state index is 12.5. The van der Waals surface area contributed by atoms with Crippen molar-refractivity contribution in [3.63, 3.8) is 0 Å². The fourth-order valence-corrected chi connectivity index (χ4v) is 6.30. The number of rotatable bonds is 7. The summed E-state index contributed by atoms with van der Waals surface area (Å²) in [5.74, 6) is 0.750. The van der Waals surface area contributed by atoms with Crippen molar-refractivity contribution in [2.75, 3.05) is 25.4 Å². The first kappa shape index (κ1) is 19.4. The molecule has 0 spiro atoms. The maximum Gasteiger partial charge on any atom is 0.252 e. The predicted octanol–water partition coefficient (Wildman–Crippen LogP) is 3.06. The van der Waals surface area contributed by atoms with Gasteiger partial charge in [-0.15, -0.1) is 23.1 Å². The molecule has 26 heavy (non-hydrogen) atoms. The highest BCUT2D eigenvalue weighted by atomic mass is 32.2. The molecule has 1 N–H and O–H groups in total. The molecule has 1 saturated heterocycles. The van der Waals surface area contributed by atoms with Gasteiger partial charge in [0, 0.05) is 36.2 Å². The van der Waals surface area contributed by atoms with Gasteiger partial charge < -0.3 is 5.32 Å². The number of benzene rings is 1. The number of hydrogen-bond donors (Lipinski definition) is 1. The highest BCUT2D eigenvalue weighted by molar-refractivity contribution is 7.99. The molecule has 1 aromatic heterocycles. The number of hydrogen-bond acceptors (Lipinski definition) is 5. The monoisotopic (exact) mass is 410 g/mol. The molecule has 1 aliphatic rings. The fraction of sp³-hybridized carbons (Fsp3) is 0.389. The number of nitrogens with zero attached hydrogens (tertiary/aromatic N) is 1. The molecule has 1 aromatic carbocycles. The van der Waals surface area contributed by atoms with Gasteiger partial charge in [0.2, 0.25) is 5.91 Å². The molecule has 1 amide bonds. The Hall–Kier alpha value is -1.35. The van der Waals surface area contributed by atoms with E-state index >= 15 is 0 Å². The average molecular weight is 411 g/mol. The van der Waals surface area contributed by atoms with Gasteiger partial charge in [-0.1, -0.05) is 24.3 Å². The molecule has 5 nitrogen and oxygen atoms in total. The van der Waals surface area contributed by atoms with Crippen molar-refractivity contribution in [1.82, 2.24) is 9.62 Å². The number of carbonyl (C=O) groups excluding carboxylic acids is 1. The van der Waals surface area contributed by atoms with Crippen molar-refractivity contribution in [2.45, 2.75) is 21.9 Å². The van der Waals surface area contributed by atoms with Crippen molar-refractivity contribution < 1.29 is 13.2 Å². The third kappa shape index (κ3) is 4.88. The quantitative estimate of drug-likeness (QED) is 0.563. The van der Waals surface area contributed by atoms with Gasteiger partial charge in [0.1, 0.15) is 4.21 Å². The van der Waals surface area contributed by atoms with Crippen LogP contribution in [-0.2, 0) is 14.8 Å². The minimum atomic E-state index is -3.40. The fourth-order valence-electron chi connectivity index (χ4n) is 2.90. The summed E-state index contributed by atoms with van der Waals surface area (Å²) >= 11 is 2.94. The van der Waals surface area contributed by atoms with Crippen LogP contribution < -0.4 is 5.32 Å². The van der Waals surface area contributed by atoms with E-state index in [0.29, 0.717) is 36.7 Å². The first-order valence-corrected chi connectivity index (χ1v) is 11.9. The number of carbonyl (C=O) groups is 1. The average Bonchev–Trinajstić information content (AvgIpc) is 3.22. The topological polar surface area (TPSA) is 66.5 Å². The van der Waals surface area contributed by atoms with Crippen LogP contribution >= 0.6 is 23.1 Å². The Bertz CT molecular complexity index is 799. The number of piperidine rings is 1. The molecule has 2 heterocycles. The van der Waals surface area contributed by atoms with E-state index in [1.54, 1.807) is 29.3 Å². The second-order valence-electron chi connectivity index (χ2n) is 6.06. The van der Waals surface area contributed by atoms with Gasteiger partial charge in [-0.05, 0) is 36.4 Å². The molecule has 1 fully saturated rings. The third-order valence-corrected chi connectivity index (χ3v) is 8.61. The SMILES string of the molecule is O=C(NCCSc1ccccc1)C1CCN(S(=O)(=O)c2cccs2)CC1. The summed E-state index contributed by atoms with van der Waals surface area (Å²) < 4.78 is 26.9. The Balaban J connectivity index is 1.41. The lowest BCUT2D eigenvalue weighted by molar-refractivity contribution is -0.125. The summed E-state index contributed by atoms with van der Waals surface area (Å²) in [6, 6.07) is 13.5. The van der Waals surface area contributed by atoms with E-state index in [4.69, 9.17) is 0 Å². The molecule has 3 rings (SSSR count). The smallest absolute Gasteiger partial charge is 0.252 e. The van der Waals surface area contributed by atoms with Crippen molar-refractivity contribution in [2.24, 2.45) is 5.92 Å².